The second-order valence-corrected chi connectivity index (χ2v) is 7.69. The molecule has 21 heavy (non-hydrogen) atoms. The van der Waals surface area contributed by atoms with Crippen LogP contribution in [-0.4, -0.2) is 45.3 Å². The minimum atomic E-state index is 0.208. The minimum absolute atomic E-state index is 0.208. The molecule has 1 N–H and O–H groups in total. The van der Waals surface area contributed by atoms with E-state index in [-0.39, 0.29) is 6.04 Å². The first kappa shape index (κ1) is 16.9. The van der Waals surface area contributed by atoms with E-state index < -0.39 is 0 Å². The second kappa shape index (κ2) is 8.88. The van der Waals surface area contributed by atoms with E-state index in [0.717, 1.165) is 30.6 Å². The van der Waals surface area contributed by atoms with E-state index in [2.05, 4.69) is 47.9 Å². The maximum Gasteiger partial charge on any atom is 0.0931 e. The molecular weight excluding hydrogens is 324 g/mol. The van der Waals surface area contributed by atoms with Gasteiger partial charge in [0.2, 0.25) is 0 Å². The van der Waals surface area contributed by atoms with Crippen LogP contribution in [0.4, 0.5) is 0 Å². The Bertz CT molecular complexity index is 513. The van der Waals surface area contributed by atoms with Crippen LogP contribution in [0.15, 0.2) is 29.6 Å². The van der Waals surface area contributed by atoms with E-state index in [4.69, 9.17) is 16.3 Å². The van der Waals surface area contributed by atoms with Crippen molar-refractivity contribution >= 4 is 34.3 Å². The molecule has 6 heteroatoms. The topological polar surface area (TPSA) is 24.5 Å². The maximum absolute atomic E-state index is 6.06. The maximum atomic E-state index is 6.06. The number of halogens is 1. The van der Waals surface area contributed by atoms with Crippen LogP contribution in [0.3, 0.4) is 0 Å². The zero-order chi connectivity index (χ0) is 15.1. The van der Waals surface area contributed by atoms with E-state index >= 15 is 0 Å². The zero-order valence-electron chi connectivity index (χ0n) is 12.3. The Kier molecular flexibility index (Phi) is 7.16. The van der Waals surface area contributed by atoms with Crippen LogP contribution >= 0.6 is 34.3 Å². The van der Waals surface area contributed by atoms with Crippen LogP contribution in [0.2, 0.25) is 4.34 Å². The predicted molar refractivity (Wildman–Crippen MR) is 92.9 cm³/mol. The lowest BCUT2D eigenvalue weighted by atomic mass is 10.2. The van der Waals surface area contributed by atoms with Crippen molar-refractivity contribution in [1.29, 1.82) is 0 Å². The lowest BCUT2D eigenvalue weighted by Gasteiger charge is -2.16. The van der Waals surface area contributed by atoms with Crippen LogP contribution < -0.4 is 5.32 Å². The molecule has 0 saturated carbocycles. The zero-order valence-corrected chi connectivity index (χ0v) is 14.7. The molecule has 0 fully saturated rings. The molecular formula is C15H21ClN2OS2. The Morgan fingerprint density at radius 1 is 1.24 bits per heavy atom. The standard InChI is InChI=1S/C15H21ClN2OS2/c1-18(2)8-10-19-9-7-17-15(12-4-3-11-20-12)13-5-6-14(16)21-13/h3-6,11,15,17H,7-10H2,1-2H3. The van der Waals surface area contributed by atoms with Crippen LogP contribution in [0.25, 0.3) is 0 Å². The summed E-state index contributed by atoms with van der Waals surface area (Å²) >= 11 is 9.45. The molecule has 0 bridgehead atoms. The summed E-state index contributed by atoms with van der Waals surface area (Å²) in [5.74, 6) is 0. The fourth-order valence-electron chi connectivity index (χ4n) is 1.90. The first-order valence-corrected chi connectivity index (χ1v) is 8.98. The molecule has 2 heterocycles. The molecule has 3 nitrogen and oxygen atoms in total. The van der Waals surface area contributed by atoms with Gasteiger partial charge in [-0.25, -0.2) is 0 Å². The summed E-state index contributed by atoms with van der Waals surface area (Å²) in [6.07, 6.45) is 0. The summed E-state index contributed by atoms with van der Waals surface area (Å²) in [5.41, 5.74) is 0. The Balaban J connectivity index is 1.83. The normalized spacial score (nSPS) is 13.0. The Hall–Kier alpha value is -0.430. The van der Waals surface area contributed by atoms with Gasteiger partial charge < -0.3 is 15.0 Å². The fraction of sp³-hybridized carbons (Fsp3) is 0.467. The minimum Gasteiger partial charge on any atom is -0.379 e. The lowest BCUT2D eigenvalue weighted by molar-refractivity contribution is 0.118. The molecule has 2 rings (SSSR count). The van der Waals surface area contributed by atoms with Gasteiger partial charge in [-0.05, 0) is 37.7 Å². The number of nitrogens with one attached hydrogen (secondary N) is 1. The number of hydrogen-bond acceptors (Lipinski definition) is 5. The average molecular weight is 345 g/mol. The van der Waals surface area contributed by atoms with Gasteiger partial charge in [-0.2, -0.15) is 0 Å². The number of nitrogens with zero attached hydrogens (tertiary/aromatic N) is 1. The molecule has 0 spiro atoms. The summed E-state index contributed by atoms with van der Waals surface area (Å²) in [7, 11) is 4.10. The van der Waals surface area contributed by atoms with Crippen molar-refractivity contribution in [1.82, 2.24) is 10.2 Å². The monoisotopic (exact) mass is 344 g/mol. The van der Waals surface area contributed by atoms with Gasteiger partial charge in [-0.3, -0.25) is 0 Å². The molecule has 0 saturated heterocycles. The van der Waals surface area contributed by atoms with Gasteiger partial charge in [0.05, 0.1) is 23.6 Å². The summed E-state index contributed by atoms with van der Waals surface area (Å²) in [5, 5.41) is 5.67. The largest absolute Gasteiger partial charge is 0.379 e. The number of likely N-dealkylation sites (N-methyl/N-ethyl adjacent to an activating group) is 1. The van der Waals surface area contributed by atoms with E-state index in [1.807, 2.05) is 6.07 Å². The summed E-state index contributed by atoms with van der Waals surface area (Å²) in [4.78, 5) is 4.67. The smallest absolute Gasteiger partial charge is 0.0931 e. The Morgan fingerprint density at radius 3 is 2.71 bits per heavy atom. The lowest BCUT2D eigenvalue weighted by Crippen LogP contribution is -2.26. The number of rotatable bonds is 9. The number of hydrogen-bond donors (Lipinski definition) is 1. The van der Waals surface area contributed by atoms with Crippen LogP contribution in [0.5, 0.6) is 0 Å². The summed E-state index contributed by atoms with van der Waals surface area (Å²) < 4.78 is 6.46. The fourth-order valence-corrected chi connectivity index (χ4v) is 3.95. The highest BCUT2D eigenvalue weighted by atomic mass is 35.5. The predicted octanol–water partition coefficient (Wildman–Crippen LogP) is 3.72. The second-order valence-electron chi connectivity index (χ2n) is 4.96. The van der Waals surface area contributed by atoms with Gasteiger partial charge in [0.1, 0.15) is 0 Å². The molecule has 1 atom stereocenters. The van der Waals surface area contributed by atoms with Gasteiger partial charge in [0.25, 0.3) is 0 Å². The molecule has 0 amide bonds. The van der Waals surface area contributed by atoms with Crippen molar-refractivity contribution < 1.29 is 4.74 Å². The van der Waals surface area contributed by atoms with E-state index in [9.17, 15) is 0 Å². The Labute approximate surface area is 139 Å². The molecule has 0 aliphatic rings. The first-order valence-electron chi connectivity index (χ1n) is 6.91. The quantitative estimate of drug-likeness (QED) is 0.702. The van der Waals surface area contributed by atoms with Gasteiger partial charge in [-0.15, -0.1) is 22.7 Å². The SMILES string of the molecule is CN(C)CCOCCNC(c1cccs1)c1ccc(Cl)s1. The van der Waals surface area contributed by atoms with Crippen molar-refractivity contribution in [2.45, 2.75) is 6.04 Å². The molecule has 116 valence electrons. The van der Waals surface area contributed by atoms with Crippen molar-refractivity contribution in [2.75, 3.05) is 40.4 Å². The third-order valence-electron chi connectivity index (χ3n) is 2.98. The molecule has 0 radical (unpaired) electrons. The molecule has 1 unspecified atom stereocenters. The highest BCUT2D eigenvalue weighted by Gasteiger charge is 2.16. The van der Waals surface area contributed by atoms with E-state index in [0.29, 0.717) is 0 Å². The summed E-state index contributed by atoms with van der Waals surface area (Å²) in [6.45, 7) is 3.26. The molecule has 2 aromatic rings. The van der Waals surface area contributed by atoms with E-state index in [1.165, 1.54) is 9.75 Å². The van der Waals surface area contributed by atoms with Crippen molar-refractivity contribution in [3.8, 4) is 0 Å². The van der Waals surface area contributed by atoms with Crippen LogP contribution in [0, 0.1) is 0 Å². The number of ether oxygens (including phenoxy) is 1. The third kappa shape index (κ3) is 5.70. The Morgan fingerprint density at radius 2 is 2.10 bits per heavy atom. The van der Waals surface area contributed by atoms with Gasteiger partial charge in [0, 0.05) is 22.8 Å². The van der Waals surface area contributed by atoms with Gasteiger partial charge >= 0.3 is 0 Å². The van der Waals surface area contributed by atoms with Crippen LogP contribution in [0.1, 0.15) is 15.8 Å². The highest BCUT2D eigenvalue weighted by Crippen LogP contribution is 2.32. The molecule has 0 aromatic carbocycles. The number of thiophene rings is 2. The first-order chi connectivity index (χ1) is 10.2. The summed E-state index contributed by atoms with van der Waals surface area (Å²) in [6, 6.07) is 8.50. The molecule has 0 aliphatic heterocycles. The highest BCUT2D eigenvalue weighted by molar-refractivity contribution is 7.16. The van der Waals surface area contributed by atoms with Crippen molar-refractivity contribution in [3.63, 3.8) is 0 Å². The molecule has 0 aliphatic carbocycles. The van der Waals surface area contributed by atoms with Crippen molar-refractivity contribution in [3.05, 3.63) is 43.7 Å². The van der Waals surface area contributed by atoms with E-state index in [1.54, 1.807) is 22.7 Å². The average Bonchev–Trinajstić information content (AvgIpc) is 3.09. The van der Waals surface area contributed by atoms with Crippen molar-refractivity contribution in [2.24, 2.45) is 0 Å². The molecule has 2 aromatic heterocycles. The van der Waals surface area contributed by atoms with Crippen LogP contribution in [-0.2, 0) is 4.74 Å². The third-order valence-corrected chi connectivity index (χ3v) is 5.22. The van der Waals surface area contributed by atoms with Gasteiger partial charge in [-0.1, -0.05) is 17.7 Å². The van der Waals surface area contributed by atoms with Gasteiger partial charge in [0.15, 0.2) is 0 Å².